The lowest BCUT2D eigenvalue weighted by molar-refractivity contribution is -0.132. The molecule has 0 radical (unpaired) electrons. The molecule has 0 bridgehead atoms. The van der Waals surface area contributed by atoms with Gasteiger partial charge in [-0.1, -0.05) is 39.3 Å². The van der Waals surface area contributed by atoms with Gasteiger partial charge in [0, 0.05) is 32.2 Å². The standard InChI is InChI=1S/C21H34N2O2/c1-4-7-16-25-20-10-8-18(9-11-20)17-21(24)23-14-12-22(13-15-23)19(5-2)6-3/h8-11,19H,4-7,12-17H2,1-3H3. The van der Waals surface area contributed by atoms with Crippen molar-refractivity contribution < 1.29 is 9.53 Å². The van der Waals surface area contributed by atoms with Gasteiger partial charge in [0.2, 0.25) is 5.91 Å². The number of rotatable bonds is 9. The monoisotopic (exact) mass is 346 g/mol. The maximum absolute atomic E-state index is 12.6. The SMILES string of the molecule is CCCCOc1ccc(CC(=O)N2CCN(C(CC)CC)CC2)cc1. The van der Waals surface area contributed by atoms with E-state index in [1.807, 2.05) is 29.2 Å². The fraction of sp³-hybridized carbons (Fsp3) is 0.667. The first-order chi connectivity index (χ1) is 12.2. The summed E-state index contributed by atoms with van der Waals surface area (Å²) in [4.78, 5) is 17.1. The van der Waals surface area contributed by atoms with Crippen molar-refractivity contribution in [1.29, 1.82) is 0 Å². The Kier molecular flexibility index (Phi) is 8.26. The zero-order chi connectivity index (χ0) is 18.1. The summed E-state index contributed by atoms with van der Waals surface area (Å²) in [6, 6.07) is 8.64. The highest BCUT2D eigenvalue weighted by Crippen LogP contribution is 2.16. The number of piperazine rings is 1. The van der Waals surface area contributed by atoms with Gasteiger partial charge in [-0.25, -0.2) is 0 Å². The number of nitrogens with zero attached hydrogens (tertiary/aromatic N) is 2. The molecule has 1 aliphatic heterocycles. The van der Waals surface area contributed by atoms with Gasteiger partial charge < -0.3 is 9.64 Å². The molecule has 1 amide bonds. The lowest BCUT2D eigenvalue weighted by atomic mass is 10.1. The number of benzene rings is 1. The van der Waals surface area contributed by atoms with Gasteiger partial charge in [-0.3, -0.25) is 9.69 Å². The molecule has 1 heterocycles. The van der Waals surface area contributed by atoms with E-state index >= 15 is 0 Å². The summed E-state index contributed by atoms with van der Waals surface area (Å²) in [5.41, 5.74) is 1.07. The minimum absolute atomic E-state index is 0.240. The third-order valence-electron chi connectivity index (χ3n) is 5.17. The number of ether oxygens (including phenoxy) is 1. The Hall–Kier alpha value is -1.55. The number of hydrogen-bond acceptors (Lipinski definition) is 3. The van der Waals surface area contributed by atoms with E-state index < -0.39 is 0 Å². The summed E-state index contributed by atoms with van der Waals surface area (Å²) >= 11 is 0. The first-order valence-electron chi connectivity index (χ1n) is 9.91. The van der Waals surface area contributed by atoms with Crippen molar-refractivity contribution >= 4 is 5.91 Å². The van der Waals surface area contributed by atoms with Crippen LogP contribution in [0.3, 0.4) is 0 Å². The highest BCUT2D eigenvalue weighted by atomic mass is 16.5. The highest BCUT2D eigenvalue weighted by Gasteiger charge is 2.24. The van der Waals surface area contributed by atoms with Gasteiger partial charge in [-0.05, 0) is 37.0 Å². The molecule has 0 N–H and O–H groups in total. The van der Waals surface area contributed by atoms with Gasteiger partial charge in [0.15, 0.2) is 0 Å². The third kappa shape index (κ3) is 6.03. The molecule has 1 saturated heterocycles. The first kappa shape index (κ1) is 19.8. The molecular weight excluding hydrogens is 312 g/mol. The molecule has 4 nitrogen and oxygen atoms in total. The van der Waals surface area contributed by atoms with Crippen molar-refractivity contribution in [2.24, 2.45) is 0 Å². The molecule has 0 aromatic heterocycles. The normalized spacial score (nSPS) is 15.6. The zero-order valence-corrected chi connectivity index (χ0v) is 16.2. The van der Waals surface area contributed by atoms with E-state index in [1.165, 1.54) is 12.8 Å². The Morgan fingerprint density at radius 3 is 2.24 bits per heavy atom. The van der Waals surface area contributed by atoms with Crippen LogP contribution in [0.4, 0.5) is 0 Å². The summed E-state index contributed by atoms with van der Waals surface area (Å²) in [6.07, 6.45) is 5.08. The number of amides is 1. The van der Waals surface area contributed by atoms with Crippen molar-refractivity contribution in [1.82, 2.24) is 9.80 Å². The van der Waals surface area contributed by atoms with E-state index in [9.17, 15) is 4.79 Å². The lowest BCUT2D eigenvalue weighted by Crippen LogP contribution is -2.52. The smallest absolute Gasteiger partial charge is 0.227 e. The van der Waals surface area contributed by atoms with Crippen LogP contribution in [0.1, 0.15) is 52.0 Å². The van der Waals surface area contributed by atoms with E-state index in [-0.39, 0.29) is 5.91 Å². The maximum atomic E-state index is 12.6. The Morgan fingerprint density at radius 2 is 1.68 bits per heavy atom. The molecule has 25 heavy (non-hydrogen) atoms. The van der Waals surface area contributed by atoms with Crippen LogP contribution in [0.5, 0.6) is 5.75 Å². The second kappa shape index (κ2) is 10.4. The van der Waals surface area contributed by atoms with Crippen molar-refractivity contribution in [2.45, 2.75) is 58.9 Å². The molecule has 0 saturated carbocycles. The van der Waals surface area contributed by atoms with Crippen LogP contribution < -0.4 is 4.74 Å². The predicted octanol–water partition coefficient (Wildman–Crippen LogP) is 3.74. The molecule has 4 heteroatoms. The van der Waals surface area contributed by atoms with Crippen molar-refractivity contribution in [3.8, 4) is 5.75 Å². The first-order valence-corrected chi connectivity index (χ1v) is 9.91. The van der Waals surface area contributed by atoms with Crippen molar-refractivity contribution in [2.75, 3.05) is 32.8 Å². The van der Waals surface area contributed by atoms with Crippen LogP contribution >= 0.6 is 0 Å². The van der Waals surface area contributed by atoms with E-state index in [2.05, 4.69) is 25.7 Å². The molecule has 2 rings (SSSR count). The van der Waals surface area contributed by atoms with Gasteiger partial charge in [-0.15, -0.1) is 0 Å². The summed E-state index contributed by atoms with van der Waals surface area (Å²) in [5.74, 6) is 1.13. The molecule has 0 unspecified atom stereocenters. The van der Waals surface area contributed by atoms with Gasteiger partial charge in [0.05, 0.1) is 13.0 Å². The topological polar surface area (TPSA) is 32.8 Å². The molecular formula is C21H34N2O2. The predicted molar refractivity (Wildman–Crippen MR) is 103 cm³/mol. The maximum Gasteiger partial charge on any atom is 0.227 e. The van der Waals surface area contributed by atoms with E-state index in [0.717, 1.165) is 56.9 Å². The van der Waals surface area contributed by atoms with Crippen LogP contribution in [0.25, 0.3) is 0 Å². The minimum Gasteiger partial charge on any atom is -0.494 e. The van der Waals surface area contributed by atoms with Gasteiger partial charge in [-0.2, -0.15) is 0 Å². The molecule has 0 spiro atoms. The fourth-order valence-corrected chi connectivity index (χ4v) is 3.47. The number of hydrogen-bond donors (Lipinski definition) is 0. The summed E-state index contributed by atoms with van der Waals surface area (Å²) in [6.45, 7) is 11.1. The number of carbonyl (C=O) groups is 1. The Labute approximate surface area is 153 Å². The second-order valence-electron chi connectivity index (χ2n) is 6.91. The average Bonchev–Trinajstić information content (AvgIpc) is 2.65. The second-order valence-corrected chi connectivity index (χ2v) is 6.91. The van der Waals surface area contributed by atoms with Crippen LogP contribution in [0.15, 0.2) is 24.3 Å². The van der Waals surface area contributed by atoms with Crippen molar-refractivity contribution in [3.05, 3.63) is 29.8 Å². The number of unbranched alkanes of at least 4 members (excludes halogenated alkanes) is 1. The zero-order valence-electron chi connectivity index (χ0n) is 16.2. The van der Waals surface area contributed by atoms with Gasteiger partial charge in [0.25, 0.3) is 0 Å². The molecule has 1 aromatic rings. The Balaban J connectivity index is 1.78. The highest BCUT2D eigenvalue weighted by molar-refractivity contribution is 5.79. The summed E-state index contributed by atoms with van der Waals surface area (Å²) in [5, 5.41) is 0. The minimum atomic E-state index is 0.240. The molecule has 1 fully saturated rings. The van der Waals surface area contributed by atoms with Gasteiger partial charge >= 0.3 is 0 Å². The van der Waals surface area contributed by atoms with Crippen LogP contribution in [-0.2, 0) is 11.2 Å². The van der Waals surface area contributed by atoms with E-state index in [4.69, 9.17) is 4.74 Å². The molecule has 1 aliphatic rings. The van der Waals surface area contributed by atoms with E-state index in [1.54, 1.807) is 0 Å². The third-order valence-corrected chi connectivity index (χ3v) is 5.17. The number of carbonyl (C=O) groups excluding carboxylic acids is 1. The lowest BCUT2D eigenvalue weighted by Gasteiger charge is -2.39. The van der Waals surface area contributed by atoms with E-state index in [0.29, 0.717) is 12.5 Å². The molecule has 140 valence electrons. The summed E-state index contributed by atoms with van der Waals surface area (Å²) < 4.78 is 5.68. The Morgan fingerprint density at radius 1 is 1.04 bits per heavy atom. The summed E-state index contributed by atoms with van der Waals surface area (Å²) in [7, 11) is 0. The molecule has 1 aromatic carbocycles. The average molecular weight is 347 g/mol. The van der Waals surface area contributed by atoms with Crippen LogP contribution in [-0.4, -0.2) is 54.5 Å². The van der Waals surface area contributed by atoms with Crippen LogP contribution in [0, 0.1) is 0 Å². The Bertz CT molecular complexity index is 503. The quantitative estimate of drug-likeness (QED) is 0.639. The molecule has 0 atom stereocenters. The van der Waals surface area contributed by atoms with Gasteiger partial charge in [0.1, 0.15) is 5.75 Å². The molecule has 0 aliphatic carbocycles. The largest absolute Gasteiger partial charge is 0.494 e. The van der Waals surface area contributed by atoms with Crippen LogP contribution in [0.2, 0.25) is 0 Å². The van der Waals surface area contributed by atoms with Crippen molar-refractivity contribution in [3.63, 3.8) is 0 Å². The fourth-order valence-electron chi connectivity index (χ4n) is 3.47.